The second-order valence-corrected chi connectivity index (χ2v) is 19.5. The van der Waals surface area contributed by atoms with Gasteiger partial charge >= 0.3 is 10.4 Å². The predicted molar refractivity (Wildman–Crippen MR) is 255 cm³/mol. The van der Waals surface area contributed by atoms with E-state index < -0.39 is 59.9 Å². The molecular weight excluding hydrogens is 823 g/mol. The molecule has 7 unspecified atom stereocenters. The molecule has 1 fully saturated rings. The first-order valence-electron chi connectivity index (χ1n) is 26.1. The fourth-order valence-corrected chi connectivity index (χ4v) is 9.02. The van der Waals surface area contributed by atoms with Crippen molar-refractivity contribution in [2.75, 3.05) is 13.2 Å². The largest absolute Gasteiger partial charge is 0.397 e. The number of allylic oxidation sites excluding steroid dienone is 2. The Bertz CT molecular complexity index is 1180. The average Bonchev–Trinajstić information content (AvgIpc) is 3.25. The van der Waals surface area contributed by atoms with E-state index in [1.54, 1.807) is 0 Å². The summed E-state index contributed by atoms with van der Waals surface area (Å²) >= 11 is 0. The Morgan fingerprint density at radius 3 is 1.43 bits per heavy atom. The summed E-state index contributed by atoms with van der Waals surface area (Å²) < 4.78 is 47.7. The zero-order valence-corrected chi connectivity index (χ0v) is 41.0. The Hall–Kier alpha value is -1.16. The Kier molecular flexibility index (Phi) is 39.0. The van der Waals surface area contributed by atoms with Crippen molar-refractivity contribution < 1.29 is 51.8 Å². The minimum Gasteiger partial charge on any atom is -0.394 e. The number of carbonyl (C=O) groups excluding carboxylic acids is 1. The third-order valence-electron chi connectivity index (χ3n) is 12.6. The van der Waals surface area contributed by atoms with Crippen molar-refractivity contribution in [3.63, 3.8) is 0 Å². The normalized spacial score (nSPS) is 20.4. The number of amides is 1. The molecule has 1 heterocycles. The number of aliphatic hydroxyl groups excluding tert-OH is 4. The summed E-state index contributed by atoms with van der Waals surface area (Å²) in [5, 5.41) is 44.9. The Morgan fingerprint density at radius 2 is 1.02 bits per heavy atom. The van der Waals surface area contributed by atoms with Crippen molar-refractivity contribution in [3.05, 3.63) is 12.2 Å². The molecule has 1 saturated heterocycles. The van der Waals surface area contributed by atoms with Gasteiger partial charge in [0.1, 0.15) is 24.4 Å². The van der Waals surface area contributed by atoms with Crippen LogP contribution in [0.3, 0.4) is 0 Å². The maximum absolute atomic E-state index is 13.1. The number of aliphatic hydroxyl groups is 4. The SMILES string of the molecule is CCCCCCCCCCCCCC/C=C\CCCCCCCCCCCC(=O)NC(COC1OC(CO)C(O)C(OS(=O)(=O)O)C1O)C(O)CCCCCCCCCCCCC. The summed E-state index contributed by atoms with van der Waals surface area (Å²) in [6.07, 6.45) is 38.0. The molecule has 13 heteroatoms. The number of hydrogen-bond donors (Lipinski definition) is 6. The average molecular weight is 920 g/mol. The molecule has 6 N–H and O–H groups in total. The molecule has 0 aromatic heterocycles. The molecule has 0 bridgehead atoms. The molecule has 374 valence electrons. The van der Waals surface area contributed by atoms with E-state index in [-0.39, 0.29) is 12.5 Å². The zero-order chi connectivity index (χ0) is 46.2. The van der Waals surface area contributed by atoms with Crippen LogP contribution in [0.25, 0.3) is 0 Å². The van der Waals surface area contributed by atoms with Crippen molar-refractivity contribution in [1.29, 1.82) is 0 Å². The fourth-order valence-electron chi connectivity index (χ4n) is 8.51. The number of ether oxygens (including phenoxy) is 2. The topological polar surface area (TPSA) is 192 Å². The first-order chi connectivity index (χ1) is 30.5. The minimum atomic E-state index is -5.07. The van der Waals surface area contributed by atoms with Gasteiger partial charge in [0.2, 0.25) is 5.91 Å². The highest BCUT2D eigenvalue weighted by Crippen LogP contribution is 2.26. The third kappa shape index (κ3) is 33.9. The van der Waals surface area contributed by atoms with Gasteiger partial charge in [0.25, 0.3) is 0 Å². The van der Waals surface area contributed by atoms with Gasteiger partial charge in [-0.25, -0.2) is 4.18 Å². The first kappa shape index (κ1) is 59.9. The Morgan fingerprint density at radius 1 is 0.619 bits per heavy atom. The molecule has 0 aliphatic carbocycles. The molecular formula is C50H97NO11S. The quantitative estimate of drug-likeness (QED) is 0.0193. The number of rotatable bonds is 45. The molecule has 0 aromatic carbocycles. The van der Waals surface area contributed by atoms with Crippen molar-refractivity contribution in [2.24, 2.45) is 0 Å². The second kappa shape index (κ2) is 41.1. The van der Waals surface area contributed by atoms with Gasteiger partial charge < -0.3 is 35.2 Å². The van der Waals surface area contributed by atoms with Gasteiger partial charge in [0.15, 0.2) is 6.29 Å². The third-order valence-corrected chi connectivity index (χ3v) is 13.0. The predicted octanol–water partition coefficient (Wildman–Crippen LogP) is 11.1. The number of hydrogen-bond acceptors (Lipinski definition) is 10. The summed E-state index contributed by atoms with van der Waals surface area (Å²) in [6.45, 7) is 3.45. The van der Waals surface area contributed by atoms with Crippen molar-refractivity contribution in [2.45, 2.75) is 288 Å². The summed E-state index contributed by atoms with van der Waals surface area (Å²) in [5.74, 6) is -0.230. The summed E-state index contributed by atoms with van der Waals surface area (Å²) in [7, 11) is -5.07. The number of nitrogens with one attached hydrogen (secondary N) is 1. The van der Waals surface area contributed by atoms with Crippen molar-refractivity contribution in [3.8, 4) is 0 Å². The van der Waals surface area contributed by atoms with E-state index >= 15 is 0 Å². The van der Waals surface area contributed by atoms with E-state index in [1.807, 2.05) is 0 Å². The molecule has 1 aliphatic heterocycles. The monoisotopic (exact) mass is 920 g/mol. The number of carbonyl (C=O) groups is 1. The van der Waals surface area contributed by atoms with Crippen LogP contribution in [0, 0.1) is 0 Å². The maximum atomic E-state index is 13.1. The molecule has 1 amide bonds. The van der Waals surface area contributed by atoms with Crippen LogP contribution in [0.1, 0.15) is 245 Å². The fraction of sp³-hybridized carbons (Fsp3) is 0.940. The van der Waals surface area contributed by atoms with E-state index in [9.17, 15) is 38.2 Å². The zero-order valence-electron chi connectivity index (χ0n) is 40.2. The van der Waals surface area contributed by atoms with Crippen molar-refractivity contribution >= 4 is 16.3 Å². The smallest absolute Gasteiger partial charge is 0.394 e. The molecule has 0 saturated carbocycles. The van der Waals surface area contributed by atoms with E-state index in [4.69, 9.17) is 9.47 Å². The van der Waals surface area contributed by atoms with Gasteiger partial charge in [-0.15, -0.1) is 0 Å². The highest BCUT2D eigenvalue weighted by Gasteiger charge is 2.48. The van der Waals surface area contributed by atoms with Gasteiger partial charge in [0.05, 0.1) is 25.4 Å². The second-order valence-electron chi connectivity index (χ2n) is 18.5. The van der Waals surface area contributed by atoms with Crippen LogP contribution < -0.4 is 5.32 Å². The van der Waals surface area contributed by atoms with Crippen molar-refractivity contribution in [1.82, 2.24) is 5.32 Å². The number of unbranched alkanes of at least 4 members (excludes halogenated alkanes) is 31. The van der Waals surface area contributed by atoms with Gasteiger partial charge in [-0.2, -0.15) is 8.42 Å². The standard InChI is InChI=1S/C50H97NO11S/c1-3-5-7-9-11-13-15-16-17-18-19-20-21-22-23-24-25-26-27-28-30-32-34-36-38-40-46(54)51-43(44(53)39-37-35-33-31-29-14-12-10-8-6-4-2)42-60-50-48(56)49(62-63(57,58)59)47(55)45(41-52)61-50/h22-23,43-45,47-50,52-53,55-56H,3-21,24-42H2,1-2H3,(H,51,54)(H,57,58,59)/b23-22-. The molecule has 1 rings (SSSR count). The lowest BCUT2D eigenvalue weighted by molar-refractivity contribution is -0.298. The molecule has 1 aliphatic rings. The Balaban J connectivity index is 2.33. The van der Waals surface area contributed by atoms with E-state index in [0.717, 1.165) is 51.4 Å². The molecule has 0 aromatic rings. The summed E-state index contributed by atoms with van der Waals surface area (Å²) in [6, 6.07) is -0.855. The van der Waals surface area contributed by atoms with Crippen LogP contribution >= 0.6 is 0 Å². The highest BCUT2D eigenvalue weighted by molar-refractivity contribution is 7.80. The van der Waals surface area contributed by atoms with Gasteiger partial charge in [-0.1, -0.05) is 212 Å². The lowest BCUT2D eigenvalue weighted by Crippen LogP contribution is -2.61. The van der Waals surface area contributed by atoms with E-state index in [0.29, 0.717) is 12.8 Å². The van der Waals surface area contributed by atoms with Crippen LogP contribution in [-0.4, -0.2) is 95.4 Å². The van der Waals surface area contributed by atoms with E-state index in [2.05, 4.69) is 35.5 Å². The molecule has 0 spiro atoms. The molecule has 12 nitrogen and oxygen atoms in total. The van der Waals surface area contributed by atoms with Crippen LogP contribution in [0.4, 0.5) is 0 Å². The lowest BCUT2D eigenvalue weighted by atomic mass is 9.99. The molecule has 0 radical (unpaired) electrons. The Labute approximate surface area is 385 Å². The van der Waals surface area contributed by atoms with Gasteiger partial charge in [-0.05, 0) is 38.5 Å². The van der Waals surface area contributed by atoms with Crippen LogP contribution in [0.5, 0.6) is 0 Å². The first-order valence-corrected chi connectivity index (χ1v) is 27.4. The van der Waals surface area contributed by atoms with Gasteiger partial charge in [-0.3, -0.25) is 9.35 Å². The van der Waals surface area contributed by atoms with Crippen LogP contribution in [0.15, 0.2) is 12.2 Å². The maximum Gasteiger partial charge on any atom is 0.397 e. The summed E-state index contributed by atoms with van der Waals surface area (Å²) in [4.78, 5) is 13.1. The van der Waals surface area contributed by atoms with E-state index in [1.165, 1.54) is 167 Å². The minimum absolute atomic E-state index is 0.230. The summed E-state index contributed by atoms with van der Waals surface area (Å²) in [5.41, 5.74) is 0. The highest BCUT2D eigenvalue weighted by atomic mass is 32.3. The molecule has 63 heavy (non-hydrogen) atoms. The lowest BCUT2D eigenvalue weighted by Gasteiger charge is -2.41. The molecule has 7 atom stereocenters. The van der Waals surface area contributed by atoms with Gasteiger partial charge in [0, 0.05) is 6.42 Å². The van der Waals surface area contributed by atoms with Crippen LogP contribution in [-0.2, 0) is 28.9 Å². The van der Waals surface area contributed by atoms with Crippen LogP contribution in [0.2, 0.25) is 0 Å².